The molecule has 2 N–H and O–H groups in total. The van der Waals surface area contributed by atoms with Crippen molar-refractivity contribution in [1.82, 2.24) is 15.6 Å². The molecule has 2 amide bonds. The minimum absolute atomic E-state index is 0.0349. The Morgan fingerprint density at radius 3 is 2.55 bits per heavy atom. The maximum atomic E-state index is 12.6. The van der Waals surface area contributed by atoms with E-state index in [1.807, 2.05) is 30.6 Å². The van der Waals surface area contributed by atoms with Crippen molar-refractivity contribution in [2.75, 3.05) is 6.54 Å². The van der Waals surface area contributed by atoms with E-state index in [1.165, 1.54) is 6.42 Å². The Balaban J connectivity index is 1.29. The Kier molecular flexibility index (Phi) is 6.65. The van der Waals surface area contributed by atoms with E-state index in [0.29, 0.717) is 11.8 Å². The summed E-state index contributed by atoms with van der Waals surface area (Å²) < 4.78 is 0. The molecule has 2 saturated carbocycles. The van der Waals surface area contributed by atoms with Gasteiger partial charge in [-0.05, 0) is 69.4 Å². The van der Waals surface area contributed by atoms with Crippen molar-refractivity contribution in [1.29, 1.82) is 0 Å². The van der Waals surface area contributed by atoms with Crippen molar-refractivity contribution >= 4 is 34.5 Å². The molecule has 2 aromatic heterocycles. The summed E-state index contributed by atoms with van der Waals surface area (Å²) in [6.45, 7) is 2.75. The number of hydrogen-bond donors (Lipinski definition) is 2. The molecule has 0 aliphatic heterocycles. The maximum absolute atomic E-state index is 12.6. The SMILES string of the molecule is Cc1ccc(C(=O)NCC2CCC([C@H](NC(=O)C3CCC3)c3nccs3)CC2)s1. The summed E-state index contributed by atoms with van der Waals surface area (Å²) >= 11 is 3.18. The number of nitrogens with zero attached hydrogens (tertiary/aromatic N) is 1. The minimum Gasteiger partial charge on any atom is -0.351 e. The van der Waals surface area contributed by atoms with Crippen LogP contribution >= 0.6 is 22.7 Å². The van der Waals surface area contributed by atoms with Crippen LogP contribution in [0.3, 0.4) is 0 Å². The van der Waals surface area contributed by atoms with E-state index in [9.17, 15) is 9.59 Å². The van der Waals surface area contributed by atoms with E-state index in [-0.39, 0.29) is 23.8 Å². The highest BCUT2D eigenvalue weighted by Crippen LogP contribution is 2.38. The minimum atomic E-state index is 0.0349. The third-order valence-electron chi connectivity index (χ3n) is 6.37. The third kappa shape index (κ3) is 5.07. The Morgan fingerprint density at radius 1 is 1.17 bits per heavy atom. The van der Waals surface area contributed by atoms with E-state index >= 15 is 0 Å². The number of thiazole rings is 1. The van der Waals surface area contributed by atoms with Gasteiger partial charge in [0.05, 0.1) is 10.9 Å². The first-order chi connectivity index (χ1) is 14.1. The zero-order chi connectivity index (χ0) is 20.2. The van der Waals surface area contributed by atoms with Crippen molar-refractivity contribution in [3.8, 4) is 0 Å². The molecule has 156 valence electrons. The van der Waals surface area contributed by atoms with Gasteiger partial charge in [-0.2, -0.15) is 0 Å². The first-order valence-corrected chi connectivity index (χ1v) is 12.3. The number of aromatic nitrogens is 1. The fraction of sp³-hybridized carbons (Fsp3) is 0.591. The van der Waals surface area contributed by atoms with Gasteiger partial charge in [0, 0.05) is 28.9 Å². The van der Waals surface area contributed by atoms with Crippen LogP contribution in [0.5, 0.6) is 0 Å². The van der Waals surface area contributed by atoms with Crippen molar-refractivity contribution in [3.05, 3.63) is 38.5 Å². The Bertz CT molecular complexity index is 821. The fourth-order valence-corrected chi connectivity index (χ4v) is 5.88. The Morgan fingerprint density at radius 2 is 1.97 bits per heavy atom. The first kappa shape index (κ1) is 20.5. The number of thiophene rings is 1. The molecule has 0 aromatic carbocycles. The van der Waals surface area contributed by atoms with Gasteiger partial charge in [-0.1, -0.05) is 6.42 Å². The van der Waals surface area contributed by atoms with Crippen molar-refractivity contribution in [3.63, 3.8) is 0 Å². The lowest BCUT2D eigenvalue weighted by molar-refractivity contribution is -0.128. The summed E-state index contributed by atoms with van der Waals surface area (Å²) in [5, 5.41) is 9.45. The monoisotopic (exact) mass is 431 g/mol. The van der Waals surface area contributed by atoms with Crippen LogP contribution in [0, 0.1) is 24.7 Å². The predicted molar refractivity (Wildman–Crippen MR) is 117 cm³/mol. The topological polar surface area (TPSA) is 71.1 Å². The molecule has 4 rings (SSSR count). The van der Waals surface area contributed by atoms with Gasteiger partial charge < -0.3 is 10.6 Å². The average molecular weight is 432 g/mol. The second-order valence-corrected chi connectivity index (χ2v) is 10.6. The van der Waals surface area contributed by atoms with E-state index < -0.39 is 0 Å². The standard InChI is InChI=1S/C22H29N3O2S2/c1-14-5-10-18(29-14)21(27)24-13-15-6-8-16(9-7-15)19(22-23-11-12-28-22)25-20(26)17-3-2-4-17/h5,10-12,15-17,19H,2-4,6-9,13H2,1H3,(H,24,27)(H,25,26)/t15?,16?,19-/m0/s1. The summed E-state index contributed by atoms with van der Waals surface area (Å²) in [6.07, 6.45) is 9.32. The summed E-state index contributed by atoms with van der Waals surface area (Å²) in [5.41, 5.74) is 0. The van der Waals surface area contributed by atoms with Gasteiger partial charge >= 0.3 is 0 Å². The van der Waals surface area contributed by atoms with E-state index in [1.54, 1.807) is 22.7 Å². The third-order valence-corrected chi connectivity index (χ3v) is 8.23. The quantitative estimate of drug-likeness (QED) is 0.667. The zero-order valence-electron chi connectivity index (χ0n) is 16.9. The van der Waals surface area contributed by atoms with Crippen LogP contribution in [-0.2, 0) is 4.79 Å². The molecule has 29 heavy (non-hydrogen) atoms. The molecule has 0 saturated heterocycles. The zero-order valence-corrected chi connectivity index (χ0v) is 18.5. The molecule has 7 heteroatoms. The molecule has 2 aromatic rings. The first-order valence-electron chi connectivity index (χ1n) is 10.6. The number of hydrogen-bond acceptors (Lipinski definition) is 5. The van der Waals surface area contributed by atoms with Crippen molar-refractivity contribution in [2.24, 2.45) is 17.8 Å². The molecule has 0 unspecified atom stereocenters. The highest BCUT2D eigenvalue weighted by Gasteiger charge is 2.34. The number of carbonyl (C=O) groups is 2. The van der Waals surface area contributed by atoms with Gasteiger partial charge in [-0.15, -0.1) is 22.7 Å². The van der Waals surface area contributed by atoms with Crippen LogP contribution in [0.25, 0.3) is 0 Å². The smallest absolute Gasteiger partial charge is 0.261 e. The van der Waals surface area contributed by atoms with Gasteiger partial charge in [0.25, 0.3) is 5.91 Å². The van der Waals surface area contributed by atoms with Crippen LogP contribution < -0.4 is 10.6 Å². The van der Waals surface area contributed by atoms with Gasteiger partial charge in [0.15, 0.2) is 0 Å². The van der Waals surface area contributed by atoms with Crippen LogP contribution in [0.4, 0.5) is 0 Å². The Hall–Kier alpha value is -1.73. The average Bonchev–Trinajstić information content (AvgIpc) is 3.35. The lowest BCUT2D eigenvalue weighted by Gasteiger charge is -2.35. The largest absolute Gasteiger partial charge is 0.351 e. The van der Waals surface area contributed by atoms with E-state index in [4.69, 9.17) is 0 Å². The molecule has 2 aliphatic rings. The molecule has 0 bridgehead atoms. The summed E-state index contributed by atoms with van der Waals surface area (Å²) in [5.74, 6) is 1.38. The highest BCUT2D eigenvalue weighted by molar-refractivity contribution is 7.13. The normalized spacial score (nSPS) is 23.2. The molecular formula is C22H29N3O2S2. The number of rotatable bonds is 7. The summed E-state index contributed by atoms with van der Waals surface area (Å²) in [4.78, 5) is 31.3. The van der Waals surface area contributed by atoms with Crippen LogP contribution in [0.2, 0.25) is 0 Å². The van der Waals surface area contributed by atoms with Gasteiger partial charge in [0.2, 0.25) is 5.91 Å². The molecular weight excluding hydrogens is 402 g/mol. The van der Waals surface area contributed by atoms with E-state index in [0.717, 1.165) is 59.8 Å². The number of carbonyl (C=O) groups excluding carboxylic acids is 2. The molecule has 5 nitrogen and oxygen atoms in total. The van der Waals surface area contributed by atoms with Gasteiger partial charge in [-0.25, -0.2) is 4.98 Å². The molecule has 0 radical (unpaired) electrons. The van der Waals surface area contributed by atoms with Crippen LogP contribution in [0.15, 0.2) is 23.7 Å². The second kappa shape index (κ2) is 9.39. The second-order valence-electron chi connectivity index (χ2n) is 8.39. The Labute approximate surface area is 180 Å². The maximum Gasteiger partial charge on any atom is 0.261 e. The number of nitrogens with one attached hydrogen (secondary N) is 2. The molecule has 2 fully saturated rings. The predicted octanol–water partition coefficient (Wildman–Crippen LogP) is 4.71. The van der Waals surface area contributed by atoms with Crippen LogP contribution in [-0.4, -0.2) is 23.3 Å². The lowest BCUT2D eigenvalue weighted by Crippen LogP contribution is -2.41. The van der Waals surface area contributed by atoms with Crippen molar-refractivity contribution in [2.45, 2.75) is 57.9 Å². The fourth-order valence-electron chi connectivity index (χ4n) is 4.32. The number of amides is 2. The highest BCUT2D eigenvalue weighted by atomic mass is 32.1. The molecule has 2 aliphatic carbocycles. The van der Waals surface area contributed by atoms with Gasteiger partial charge in [0.1, 0.15) is 5.01 Å². The summed E-state index contributed by atoms with van der Waals surface area (Å²) in [6, 6.07) is 3.92. The molecule has 1 atom stereocenters. The summed E-state index contributed by atoms with van der Waals surface area (Å²) in [7, 11) is 0. The number of aryl methyl sites for hydroxylation is 1. The van der Waals surface area contributed by atoms with Crippen LogP contribution in [0.1, 0.15) is 70.5 Å². The molecule has 2 heterocycles. The van der Waals surface area contributed by atoms with Gasteiger partial charge in [-0.3, -0.25) is 9.59 Å². The lowest BCUT2D eigenvalue weighted by atomic mass is 9.78. The van der Waals surface area contributed by atoms with Crippen molar-refractivity contribution < 1.29 is 9.59 Å². The molecule has 0 spiro atoms. The van der Waals surface area contributed by atoms with E-state index in [2.05, 4.69) is 15.6 Å².